The Bertz CT molecular complexity index is 1060. The summed E-state index contributed by atoms with van der Waals surface area (Å²) in [5.41, 5.74) is 6.93. The van der Waals surface area contributed by atoms with Crippen LogP contribution in [0.5, 0.6) is 5.75 Å². The van der Waals surface area contributed by atoms with Gasteiger partial charge in [-0.25, -0.2) is 0 Å². The highest BCUT2D eigenvalue weighted by atomic mass is 16.5. The van der Waals surface area contributed by atoms with Gasteiger partial charge in [-0.2, -0.15) is 0 Å². The third-order valence-corrected chi connectivity index (χ3v) is 7.15. The molecule has 3 heterocycles. The van der Waals surface area contributed by atoms with Crippen LogP contribution in [0.3, 0.4) is 0 Å². The van der Waals surface area contributed by atoms with E-state index in [4.69, 9.17) is 4.74 Å². The van der Waals surface area contributed by atoms with Crippen molar-refractivity contribution in [2.75, 3.05) is 25.0 Å². The lowest BCUT2D eigenvalue weighted by atomic mass is 9.73. The first-order valence-corrected chi connectivity index (χ1v) is 11.2. The maximum atomic E-state index is 5.68. The van der Waals surface area contributed by atoms with E-state index in [0.29, 0.717) is 18.0 Å². The van der Waals surface area contributed by atoms with Crippen molar-refractivity contribution < 1.29 is 4.74 Å². The van der Waals surface area contributed by atoms with Gasteiger partial charge in [-0.3, -0.25) is 4.90 Å². The van der Waals surface area contributed by atoms with Crippen molar-refractivity contribution in [1.82, 2.24) is 9.88 Å². The van der Waals surface area contributed by atoms with Crippen LogP contribution in [0, 0.1) is 0 Å². The van der Waals surface area contributed by atoms with Crippen LogP contribution >= 0.6 is 0 Å². The number of hydrogen-bond acceptors (Lipinski definition) is 3. The highest BCUT2D eigenvalue weighted by molar-refractivity contribution is 5.88. The van der Waals surface area contributed by atoms with E-state index in [0.717, 1.165) is 25.3 Å². The molecule has 150 valence electrons. The summed E-state index contributed by atoms with van der Waals surface area (Å²) in [5.74, 6) is 1.66. The molecule has 1 unspecified atom stereocenters. The van der Waals surface area contributed by atoms with Gasteiger partial charge in [-0.05, 0) is 66.8 Å². The standard InChI is InChI=1S/C25H29N3O/c1-2-9-28-15-19(27-18-6-7-24-16(11-18)8-10-29-24)13-21-20-4-3-5-22-25(20)17(14-26-22)12-23(21)28/h3-7,11,14,19,21,23,26-27H,2,8-10,12-13,15H2,1H3/t19-,21?,23+/m0/s1. The fraction of sp³-hybridized carbons (Fsp3) is 0.440. The SMILES string of the molecule is CCCN1C[C@@H](Nc2ccc3c(c2)CCO3)CC2c3cccc4[nH]cc(c34)C[C@H]21. The number of nitrogens with one attached hydrogen (secondary N) is 2. The first-order chi connectivity index (χ1) is 14.3. The van der Waals surface area contributed by atoms with E-state index in [1.165, 1.54) is 53.5 Å². The highest BCUT2D eigenvalue weighted by Crippen LogP contribution is 2.44. The number of ether oxygens (including phenoxy) is 1. The molecule has 0 spiro atoms. The molecule has 1 aromatic heterocycles. The maximum Gasteiger partial charge on any atom is 0.122 e. The number of H-pyrrole nitrogens is 1. The molecule has 2 N–H and O–H groups in total. The molecule has 6 rings (SSSR count). The number of piperidine rings is 1. The van der Waals surface area contributed by atoms with Crippen molar-refractivity contribution in [3.05, 3.63) is 59.3 Å². The summed E-state index contributed by atoms with van der Waals surface area (Å²) < 4.78 is 5.68. The average molecular weight is 388 g/mol. The van der Waals surface area contributed by atoms with Gasteiger partial charge in [-0.1, -0.05) is 19.1 Å². The molecule has 3 aromatic rings. The van der Waals surface area contributed by atoms with E-state index in [2.05, 4.69) is 64.7 Å². The first-order valence-electron chi connectivity index (χ1n) is 11.2. The summed E-state index contributed by atoms with van der Waals surface area (Å²) in [6, 6.07) is 14.5. The van der Waals surface area contributed by atoms with Crippen molar-refractivity contribution in [3.8, 4) is 5.75 Å². The van der Waals surface area contributed by atoms with Gasteiger partial charge in [0, 0.05) is 53.8 Å². The lowest BCUT2D eigenvalue weighted by Crippen LogP contribution is -2.53. The van der Waals surface area contributed by atoms with Gasteiger partial charge in [0.15, 0.2) is 0 Å². The van der Waals surface area contributed by atoms with Crippen LogP contribution in [-0.4, -0.2) is 41.7 Å². The van der Waals surface area contributed by atoms with E-state index >= 15 is 0 Å². The van der Waals surface area contributed by atoms with Gasteiger partial charge in [-0.15, -0.1) is 0 Å². The van der Waals surface area contributed by atoms with Gasteiger partial charge < -0.3 is 15.0 Å². The molecule has 4 heteroatoms. The molecule has 1 saturated heterocycles. The molecule has 29 heavy (non-hydrogen) atoms. The molecule has 0 bridgehead atoms. The molecule has 0 saturated carbocycles. The Hall–Kier alpha value is -2.46. The number of aromatic nitrogens is 1. The van der Waals surface area contributed by atoms with Crippen LogP contribution in [0.15, 0.2) is 42.6 Å². The van der Waals surface area contributed by atoms with Crippen molar-refractivity contribution in [1.29, 1.82) is 0 Å². The van der Waals surface area contributed by atoms with E-state index < -0.39 is 0 Å². The summed E-state index contributed by atoms with van der Waals surface area (Å²) in [6.45, 7) is 5.42. The number of aromatic amines is 1. The van der Waals surface area contributed by atoms with Crippen molar-refractivity contribution >= 4 is 16.6 Å². The minimum absolute atomic E-state index is 0.471. The molecular formula is C25H29N3O. The number of likely N-dealkylation sites (tertiary alicyclic amines) is 1. The number of fused-ring (bicyclic) bond motifs is 3. The van der Waals surface area contributed by atoms with Crippen molar-refractivity contribution in [3.63, 3.8) is 0 Å². The smallest absolute Gasteiger partial charge is 0.122 e. The normalized spacial score (nSPS) is 25.5. The fourth-order valence-corrected chi connectivity index (χ4v) is 5.96. The van der Waals surface area contributed by atoms with Gasteiger partial charge >= 0.3 is 0 Å². The molecule has 4 nitrogen and oxygen atoms in total. The lowest BCUT2D eigenvalue weighted by molar-refractivity contribution is 0.115. The molecule has 0 amide bonds. The van der Waals surface area contributed by atoms with Crippen molar-refractivity contribution in [2.45, 2.75) is 50.6 Å². The first kappa shape index (κ1) is 17.4. The molecule has 1 aliphatic carbocycles. The Labute approximate surface area is 172 Å². The van der Waals surface area contributed by atoms with E-state index in [-0.39, 0.29) is 0 Å². The van der Waals surface area contributed by atoms with Gasteiger partial charge in [0.25, 0.3) is 0 Å². The monoisotopic (exact) mass is 387 g/mol. The second-order valence-corrected chi connectivity index (χ2v) is 8.95. The van der Waals surface area contributed by atoms with Gasteiger partial charge in [0.2, 0.25) is 0 Å². The van der Waals surface area contributed by atoms with Crippen molar-refractivity contribution in [2.24, 2.45) is 0 Å². The maximum absolute atomic E-state index is 5.68. The lowest BCUT2D eigenvalue weighted by Gasteiger charge is -2.47. The molecule has 0 radical (unpaired) electrons. The van der Waals surface area contributed by atoms with Crippen LogP contribution in [0.2, 0.25) is 0 Å². The predicted molar refractivity (Wildman–Crippen MR) is 118 cm³/mol. The topological polar surface area (TPSA) is 40.3 Å². The molecule has 3 atom stereocenters. The quantitative estimate of drug-likeness (QED) is 0.681. The molecule has 2 aromatic carbocycles. The average Bonchev–Trinajstić information content (AvgIpc) is 3.37. The van der Waals surface area contributed by atoms with Gasteiger partial charge in [0.1, 0.15) is 5.75 Å². The van der Waals surface area contributed by atoms with E-state index in [1.54, 1.807) is 5.56 Å². The summed E-state index contributed by atoms with van der Waals surface area (Å²) >= 11 is 0. The Kier molecular flexibility index (Phi) is 4.08. The number of hydrogen-bond donors (Lipinski definition) is 2. The molecular weight excluding hydrogens is 358 g/mol. The summed E-state index contributed by atoms with van der Waals surface area (Å²) in [7, 11) is 0. The van der Waals surface area contributed by atoms with Crippen LogP contribution < -0.4 is 10.1 Å². The van der Waals surface area contributed by atoms with Crippen LogP contribution in [0.4, 0.5) is 5.69 Å². The minimum Gasteiger partial charge on any atom is -0.493 e. The Morgan fingerprint density at radius 3 is 3.10 bits per heavy atom. The number of rotatable bonds is 4. The third kappa shape index (κ3) is 2.84. The zero-order valence-corrected chi connectivity index (χ0v) is 17.1. The largest absolute Gasteiger partial charge is 0.493 e. The molecule has 3 aliphatic rings. The molecule has 2 aliphatic heterocycles. The Morgan fingerprint density at radius 2 is 2.17 bits per heavy atom. The van der Waals surface area contributed by atoms with E-state index in [1.807, 2.05) is 0 Å². The summed E-state index contributed by atoms with van der Waals surface area (Å²) in [6.07, 6.45) is 6.84. The minimum atomic E-state index is 0.471. The Balaban J connectivity index is 1.32. The van der Waals surface area contributed by atoms with Crippen LogP contribution in [-0.2, 0) is 12.8 Å². The fourth-order valence-electron chi connectivity index (χ4n) is 5.96. The summed E-state index contributed by atoms with van der Waals surface area (Å²) in [4.78, 5) is 6.25. The highest BCUT2D eigenvalue weighted by Gasteiger charge is 2.40. The second-order valence-electron chi connectivity index (χ2n) is 8.95. The third-order valence-electron chi connectivity index (χ3n) is 7.15. The number of benzene rings is 2. The number of nitrogens with zero attached hydrogens (tertiary/aromatic N) is 1. The summed E-state index contributed by atoms with van der Waals surface area (Å²) in [5, 5.41) is 5.36. The van der Waals surface area contributed by atoms with E-state index in [9.17, 15) is 0 Å². The Morgan fingerprint density at radius 1 is 1.21 bits per heavy atom. The van der Waals surface area contributed by atoms with Crippen LogP contribution in [0.1, 0.15) is 42.4 Å². The zero-order valence-electron chi connectivity index (χ0n) is 17.1. The predicted octanol–water partition coefficient (Wildman–Crippen LogP) is 4.71. The zero-order chi connectivity index (χ0) is 19.4. The van der Waals surface area contributed by atoms with Crippen LogP contribution in [0.25, 0.3) is 10.9 Å². The number of anilines is 1. The van der Waals surface area contributed by atoms with Gasteiger partial charge in [0.05, 0.1) is 6.61 Å². The second kappa shape index (κ2) is 6.81. The molecule has 1 fully saturated rings.